The Morgan fingerprint density at radius 3 is 2.38 bits per heavy atom. The smallest absolute Gasteiger partial charge is 0.0478 e. The summed E-state index contributed by atoms with van der Waals surface area (Å²) in [5, 5.41) is 0. The molecule has 1 aliphatic heterocycles. The monoisotopic (exact) mass is 351 g/mol. The number of anilines is 1. The maximum atomic E-state index is 5.58. The molecule has 2 rings (SSSR count). The number of hydrogen-bond donors (Lipinski definition) is 1. The Bertz CT molecular complexity index is 446. The molecule has 0 saturated carbocycles. The molecule has 0 aromatic heterocycles. The molecule has 1 saturated heterocycles. The summed E-state index contributed by atoms with van der Waals surface area (Å²) in [7, 11) is 4.38. The Morgan fingerprint density at radius 1 is 1.04 bits per heavy atom. The average Bonchev–Trinajstić information content (AvgIpc) is 2.59. The maximum Gasteiger partial charge on any atom is 0.0478 e. The molecule has 4 nitrogen and oxygen atoms in total. The van der Waals surface area contributed by atoms with Crippen molar-refractivity contribution in [2.75, 3.05) is 70.7 Å². The highest BCUT2D eigenvalue weighted by molar-refractivity contribution is 7.80. The minimum atomic E-state index is 0.834. The van der Waals surface area contributed by atoms with Crippen LogP contribution in [0.5, 0.6) is 0 Å². The van der Waals surface area contributed by atoms with Crippen molar-refractivity contribution in [1.82, 2.24) is 9.80 Å². The van der Waals surface area contributed by atoms with Gasteiger partial charge in [0.2, 0.25) is 0 Å². The summed E-state index contributed by atoms with van der Waals surface area (Å²) in [6.07, 6.45) is 2.13. The molecule has 1 fully saturated rings. The van der Waals surface area contributed by atoms with Crippen molar-refractivity contribution in [2.24, 2.45) is 0 Å². The van der Waals surface area contributed by atoms with Crippen molar-refractivity contribution in [1.29, 1.82) is 0 Å². The molecule has 136 valence electrons. The van der Waals surface area contributed by atoms with E-state index >= 15 is 0 Å². The average molecular weight is 352 g/mol. The first kappa shape index (κ1) is 19.6. The molecule has 5 heteroatoms. The summed E-state index contributed by atoms with van der Waals surface area (Å²) < 4.78 is 5.58. The fraction of sp³-hybridized carbons (Fsp3) is 0.684. The van der Waals surface area contributed by atoms with E-state index in [2.05, 4.69) is 65.7 Å². The number of nitrogens with zero attached hydrogens (tertiary/aromatic N) is 3. The van der Waals surface area contributed by atoms with Crippen LogP contribution < -0.4 is 4.90 Å². The number of benzene rings is 1. The van der Waals surface area contributed by atoms with Gasteiger partial charge in [-0.2, -0.15) is 12.6 Å². The zero-order valence-electron chi connectivity index (χ0n) is 15.3. The molecule has 0 radical (unpaired) electrons. The third-order valence-electron chi connectivity index (χ3n) is 4.53. The van der Waals surface area contributed by atoms with E-state index in [4.69, 9.17) is 4.74 Å². The van der Waals surface area contributed by atoms with Gasteiger partial charge in [0.1, 0.15) is 0 Å². The highest BCUT2D eigenvalue weighted by Gasteiger charge is 2.14. The van der Waals surface area contributed by atoms with Crippen LogP contribution in [-0.4, -0.2) is 75.6 Å². The molecule has 1 heterocycles. The quantitative estimate of drug-likeness (QED) is 0.516. The zero-order valence-corrected chi connectivity index (χ0v) is 16.2. The molecule has 0 unspecified atom stereocenters. The predicted molar refractivity (Wildman–Crippen MR) is 106 cm³/mol. The van der Waals surface area contributed by atoms with Crippen LogP contribution in [0.3, 0.4) is 0 Å². The lowest BCUT2D eigenvalue weighted by molar-refractivity contribution is 0.124. The highest BCUT2D eigenvalue weighted by Crippen LogP contribution is 2.17. The number of likely N-dealkylation sites (N-methyl/N-ethyl adjacent to an activating group) is 1. The van der Waals surface area contributed by atoms with E-state index in [1.165, 1.54) is 11.3 Å². The molecule has 0 spiro atoms. The van der Waals surface area contributed by atoms with Crippen LogP contribution in [0.1, 0.15) is 18.4 Å². The second-order valence-electron chi connectivity index (χ2n) is 6.74. The minimum Gasteiger partial charge on any atom is -0.381 e. The van der Waals surface area contributed by atoms with Gasteiger partial charge >= 0.3 is 0 Å². The molecular formula is C19H33N3OS. The van der Waals surface area contributed by atoms with Crippen molar-refractivity contribution in [3.8, 4) is 0 Å². The molecule has 0 amide bonds. The van der Waals surface area contributed by atoms with Crippen molar-refractivity contribution >= 4 is 18.3 Å². The van der Waals surface area contributed by atoms with Crippen molar-refractivity contribution in [3.63, 3.8) is 0 Å². The summed E-state index contributed by atoms with van der Waals surface area (Å²) in [6, 6.07) is 9.09. The maximum absolute atomic E-state index is 5.58. The van der Waals surface area contributed by atoms with Gasteiger partial charge in [-0.05, 0) is 50.4 Å². The predicted octanol–water partition coefficient (Wildman–Crippen LogP) is 2.60. The van der Waals surface area contributed by atoms with Crippen LogP contribution >= 0.6 is 12.6 Å². The minimum absolute atomic E-state index is 0.834. The lowest BCUT2D eigenvalue weighted by Crippen LogP contribution is -2.44. The number of piperazine rings is 1. The fourth-order valence-corrected chi connectivity index (χ4v) is 3.10. The van der Waals surface area contributed by atoms with Gasteiger partial charge in [0, 0.05) is 58.2 Å². The Kier molecular flexibility index (Phi) is 8.95. The van der Waals surface area contributed by atoms with E-state index in [1.807, 2.05) is 0 Å². The standard InChI is InChI=1S/C19H33N3OS/c1-20-10-12-22(13-11-20)19-7-5-18(6-8-19)17-21(2)9-3-14-23-15-4-16-24/h5-8,24H,3-4,9-17H2,1-2H3. The lowest BCUT2D eigenvalue weighted by Gasteiger charge is -2.34. The third-order valence-corrected chi connectivity index (χ3v) is 4.85. The van der Waals surface area contributed by atoms with Crippen molar-refractivity contribution < 1.29 is 4.74 Å². The van der Waals surface area contributed by atoms with Crippen LogP contribution in [0.15, 0.2) is 24.3 Å². The first-order chi connectivity index (χ1) is 11.7. The Balaban J connectivity index is 1.67. The molecular weight excluding hydrogens is 318 g/mol. The van der Waals surface area contributed by atoms with E-state index in [1.54, 1.807) is 0 Å². The van der Waals surface area contributed by atoms with Gasteiger partial charge in [0.15, 0.2) is 0 Å². The summed E-state index contributed by atoms with van der Waals surface area (Å²) >= 11 is 4.19. The summed E-state index contributed by atoms with van der Waals surface area (Å²) in [5.74, 6) is 0.907. The molecule has 0 bridgehead atoms. The fourth-order valence-electron chi connectivity index (χ4n) is 2.97. The lowest BCUT2D eigenvalue weighted by atomic mass is 10.1. The second-order valence-corrected chi connectivity index (χ2v) is 7.18. The Labute approximate surface area is 153 Å². The highest BCUT2D eigenvalue weighted by atomic mass is 32.1. The molecule has 24 heavy (non-hydrogen) atoms. The number of thiol groups is 1. The van der Waals surface area contributed by atoms with E-state index < -0.39 is 0 Å². The van der Waals surface area contributed by atoms with Gasteiger partial charge in [-0.15, -0.1) is 0 Å². The molecule has 0 atom stereocenters. The second kappa shape index (κ2) is 11.0. The summed E-state index contributed by atoms with van der Waals surface area (Å²) in [4.78, 5) is 7.24. The van der Waals surface area contributed by atoms with Crippen LogP contribution in [0.25, 0.3) is 0 Å². The molecule has 0 N–H and O–H groups in total. The van der Waals surface area contributed by atoms with Crippen molar-refractivity contribution in [2.45, 2.75) is 19.4 Å². The van der Waals surface area contributed by atoms with Gasteiger partial charge in [-0.3, -0.25) is 0 Å². The molecule has 1 aliphatic rings. The van der Waals surface area contributed by atoms with Gasteiger partial charge in [-0.25, -0.2) is 0 Å². The molecule has 1 aromatic carbocycles. The number of rotatable bonds is 10. The van der Waals surface area contributed by atoms with Crippen LogP contribution in [0, 0.1) is 0 Å². The Morgan fingerprint density at radius 2 is 1.71 bits per heavy atom. The topological polar surface area (TPSA) is 19.0 Å². The molecule has 1 aromatic rings. The van der Waals surface area contributed by atoms with Gasteiger partial charge in [-0.1, -0.05) is 12.1 Å². The van der Waals surface area contributed by atoms with E-state index in [0.29, 0.717) is 0 Å². The number of hydrogen-bond acceptors (Lipinski definition) is 5. The van der Waals surface area contributed by atoms with Gasteiger partial charge < -0.3 is 19.4 Å². The van der Waals surface area contributed by atoms with E-state index in [-0.39, 0.29) is 0 Å². The first-order valence-electron chi connectivity index (χ1n) is 9.08. The van der Waals surface area contributed by atoms with Gasteiger partial charge in [0.25, 0.3) is 0 Å². The largest absolute Gasteiger partial charge is 0.381 e. The van der Waals surface area contributed by atoms with Crippen LogP contribution in [0.2, 0.25) is 0 Å². The van der Waals surface area contributed by atoms with E-state index in [0.717, 1.165) is 71.1 Å². The van der Waals surface area contributed by atoms with Crippen molar-refractivity contribution in [3.05, 3.63) is 29.8 Å². The van der Waals surface area contributed by atoms with Crippen LogP contribution in [0.4, 0.5) is 5.69 Å². The van der Waals surface area contributed by atoms with E-state index in [9.17, 15) is 0 Å². The summed E-state index contributed by atoms with van der Waals surface area (Å²) in [6.45, 7) is 8.31. The first-order valence-corrected chi connectivity index (χ1v) is 9.72. The zero-order chi connectivity index (χ0) is 17.2. The van der Waals surface area contributed by atoms with Crippen LogP contribution in [-0.2, 0) is 11.3 Å². The van der Waals surface area contributed by atoms with Gasteiger partial charge in [0.05, 0.1) is 0 Å². The normalized spacial score (nSPS) is 16.1. The summed E-state index contributed by atoms with van der Waals surface area (Å²) in [5.41, 5.74) is 2.73. The number of ether oxygens (including phenoxy) is 1. The molecule has 0 aliphatic carbocycles. The Hall–Kier alpha value is -0.750. The third kappa shape index (κ3) is 7.01. The SMILES string of the molecule is CN1CCN(c2ccc(CN(C)CCCOCCCS)cc2)CC1.